The summed E-state index contributed by atoms with van der Waals surface area (Å²) >= 11 is 0. The quantitative estimate of drug-likeness (QED) is 0.0569. The van der Waals surface area contributed by atoms with Gasteiger partial charge in [0.1, 0.15) is 36.2 Å². The lowest BCUT2D eigenvalue weighted by Gasteiger charge is -2.09. The molecule has 0 amide bonds. The number of nitrogens with zero attached hydrogens (tertiary/aromatic N) is 4. The molecule has 0 radical (unpaired) electrons. The molecule has 0 saturated carbocycles. The van der Waals surface area contributed by atoms with E-state index in [2.05, 4.69) is 20.5 Å². The van der Waals surface area contributed by atoms with Gasteiger partial charge in [-0.15, -0.1) is 0 Å². The number of ether oxygens (including phenoxy) is 7. The number of hydrogen-bond donors (Lipinski definition) is 2. The minimum absolute atomic E-state index is 0.189. The second kappa shape index (κ2) is 22.6. The number of hydrogen-bond acceptors (Lipinski definition) is 13. The first-order valence-electron chi connectivity index (χ1n) is 15.9. The van der Waals surface area contributed by atoms with Crippen LogP contribution in [0.4, 0.5) is 22.7 Å². The average Bonchev–Trinajstić information content (AvgIpc) is 3.13. The van der Waals surface area contributed by atoms with Gasteiger partial charge in [-0.1, -0.05) is 0 Å². The number of benzene rings is 4. The third kappa shape index (κ3) is 16.2. The monoisotopic (exact) mass is 674 g/mol. The number of aromatic hydroxyl groups is 2. The van der Waals surface area contributed by atoms with Gasteiger partial charge in [-0.05, 0) is 97.1 Å². The summed E-state index contributed by atoms with van der Waals surface area (Å²) in [5.74, 6) is 1.81. The van der Waals surface area contributed by atoms with Gasteiger partial charge in [-0.3, -0.25) is 0 Å². The first-order chi connectivity index (χ1) is 24.1. The van der Waals surface area contributed by atoms with Crippen LogP contribution in [0.25, 0.3) is 0 Å². The molecule has 13 nitrogen and oxygen atoms in total. The Kier molecular flexibility index (Phi) is 17.0. The Morgan fingerprint density at radius 3 is 0.796 bits per heavy atom. The molecule has 13 heteroatoms. The zero-order valence-electron chi connectivity index (χ0n) is 27.3. The number of phenols is 2. The van der Waals surface area contributed by atoms with Crippen LogP contribution in [-0.2, 0) is 23.7 Å². The molecule has 0 aliphatic heterocycles. The lowest BCUT2D eigenvalue weighted by Crippen LogP contribution is -2.15. The first kappa shape index (κ1) is 36.9. The maximum absolute atomic E-state index is 9.32. The van der Waals surface area contributed by atoms with Gasteiger partial charge in [-0.2, -0.15) is 20.5 Å². The van der Waals surface area contributed by atoms with Crippen LogP contribution in [0.5, 0.6) is 23.0 Å². The smallest absolute Gasteiger partial charge is 0.119 e. The highest BCUT2D eigenvalue weighted by molar-refractivity contribution is 5.45. The Labute approximate surface area is 285 Å². The molecule has 0 aliphatic carbocycles. The second-order valence-corrected chi connectivity index (χ2v) is 10.2. The Morgan fingerprint density at radius 1 is 0.306 bits per heavy atom. The third-order valence-electron chi connectivity index (χ3n) is 6.42. The molecule has 49 heavy (non-hydrogen) atoms. The van der Waals surface area contributed by atoms with Gasteiger partial charge in [0.05, 0.1) is 88.8 Å². The zero-order valence-corrected chi connectivity index (χ0v) is 27.3. The summed E-state index contributed by atoms with van der Waals surface area (Å²) in [4.78, 5) is 0. The van der Waals surface area contributed by atoms with Gasteiger partial charge in [0, 0.05) is 0 Å². The van der Waals surface area contributed by atoms with E-state index < -0.39 is 0 Å². The summed E-state index contributed by atoms with van der Waals surface area (Å²) in [6.45, 7) is 5.53. The molecular weight excluding hydrogens is 632 g/mol. The van der Waals surface area contributed by atoms with Crippen LogP contribution in [0.2, 0.25) is 0 Å². The van der Waals surface area contributed by atoms with Crippen molar-refractivity contribution in [3.05, 3.63) is 97.1 Å². The molecule has 0 aliphatic rings. The lowest BCUT2D eigenvalue weighted by molar-refractivity contribution is -0.0141. The highest BCUT2D eigenvalue weighted by Gasteiger charge is 1.99. The van der Waals surface area contributed by atoms with Crippen molar-refractivity contribution in [3.8, 4) is 23.0 Å². The number of rotatable bonds is 24. The fourth-order valence-electron chi connectivity index (χ4n) is 3.91. The van der Waals surface area contributed by atoms with Crippen LogP contribution in [0.15, 0.2) is 118 Å². The van der Waals surface area contributed by atoms with Crippen molar-refractivity contribution >= 4 is 22.7 Å². The molecule has 260 valence electrons. The largest absolute Gasteiger partial charge is 0.508 e. The van der Waals surface area contributed by atoms with E-state index in [4.69, 9.17) is 33.2 Å². The summed E-state index contributed by atoms with van der Waals surface area (Å²) in [6.07, 6.45) is 0. The molecule has 0 heterocycles. The molecule has 2 N–H and O–H groups in total. The minimum atomic E-state index is 0.189. The fraction of sp³-hybridized carbons (Fsp3) is 0.333. The van der Waals surface area contributed by atoms with Crippen molar-refractivity contribution in [2.75, 3.05) is 79.3 Å². The summed E-state index contributed by atoms with van der Waals surface area (Å²) < 4.78 is 39.0. The highest BCUT2D eigenvalue weighted by Crippen LogP contribution is 2.24. The maximum atomic E-state index is 9.32. The number of azo groups is 2. The van der Waals surface area contributed by atoms with Crippen molar-refractivity contribution < 1.29 is 43.4 Å². The molecule has 0 saturated heterocycles. The van der Waals surface area contributed by atoms with Crippen molar-refractivity contribution in [2.45, 2.75) is 0 Å². The van der Waals surface area contributed by atoms with Crippen LogP contribution in [0, 0.1) is 0 Å². The topological polar surface area (TPSA) is 155 Å². The van der Waals surface area contributed by atoms with Crippen LogP contribution in [-0.4, -0.2) is 89.5 Å². The van der Waals surface area contributed by atoms with Gasteiger partial charge >= 0.3 is 0 Å². The predicted molar refractivity (Wildman–Crippen MR) is 183 cm³/mol. The van der Waals surface area contributed by atoms with Gasteiger partial charge < -0.3 is 43.4 Å². The van der Waals surface area contributed by atoms with Gasteiger partial charge in [0.15, 0.2) is 0 Å². The molecule has 0 fully saturated rings. The minimum Gasteiger partial charge on any atom is -0.508 e. The standard InChI is InChI=1S/C36H42N4O9/c41-33-9-1-29(2-10-33)37-39-31-5-13-35(14-6-31)48-27-25-46-23-21-44-19-17-43-18-20-45-22-24-47-26-28-49-36-15-7-32(8-16-36)40-38-30-3-11-34(42)12-4-30/h1-16,41-42H,17-28H2. The second-order valence-electron chi connectivity index (χ2n) is 10.2. The van der Waals surface area contributed by atoms with E-state index in [1.807, 2.05) is 48.5 Å². The van der Waals surface area contributed by atoms with Gasteiger partial charge in [0.25, 0.3) is 0 Å². The fourth-order valence-corrected chi connectivity index (χ4v) is 3.91. The van der Waals surface area contributed by atoms with Crippen molar-refractivity contribution in [1.82, 2.24) is 0 Å². The molecular formula is C36H42N4O9. The van der Waals surface area contributed by atoms with E-state index in [0.29, 0.717) is 102 Å². The van der Waals surface area contributed by atoms with E-state index in [1.165, 1.54) is 0 Å². The van der Waals surface area contributed by atoms with Crippen LogP contribution in [0.1, 0.15) is 0 Å². The Balaban J connectivity index is 0.873. The van der Waals surface area contributed by atoms with Crippen molar-refractivity contribution in [2.24, 2.45) is 20.5 Å². The van der Waals surface area contributed by atoms with Gasteiger partial charge in [-0.25, -0.2) is 0 Å². The molecule has 0 spiro atoms. The van der Waals surface area contributed by atoms with E-state index in [0.717, 1.165) is 11.5 Å². The Hall–Kier alpha value is -4.92. The summed E-state index contributed by atoms with van der Waals surface area (Å²) in [6, 6.07) is 27.6. The third-order valence-corrected chi connectivity index (χ3v) is 6.42. The summed E-state index contributed by atoms with van der Waals surface area (Å²) in [7, 11) is 0. The zero-order chi connectivity index (χ0) is 34.2. The molecule has 4 aromatic rings. The molecule has 0 unspecified atom stereocenters. The first-order valence-corrected chi connectivity index (χ1v) is 15.9. The highest BCUT2D eigenvalue weighted by atomic mass is 16.6. The molecule has 4 rings (SSSR count). The summed E-state index contributed by atoms with van der Waals surface area (Å²) in [5.41, 5.74) is 2.71. The summed E-state index contributed by atoms with van der Waals surface area (Å²) in [5, 5.41) is 35.2. The van der Waals surface area contributed by atoms with Crippen LogP contribution < -0.4 is 9.47 Å². The average molecular weight is 675 g/mol. The SMILES string of the molecule is Oc1ccc(N=Nc2ccc(OCCOCCOCCOCCOCCOCCOc3ccc(N=Nc4ccc(O)cc4)cc3)cc2)cc1. The maximum Gasteiger partial charge on any atom is 0.119 e. The van der Waals surface area contributed by atoms with E-state index in [-0.39, 0.29) is 11.5 Å². The van der Waals surface area contributed by atoms with Crippen molar-refractivity contribution in [1.29, 1.82) is 0 Å². The Bertz CT molecular complexity index is 1390. The van der Waals surface area contributed by atoms with E-state index in [1.54, 1.807) is 48.5 Å². The molecule has 0 bridgehead atoms. The van der Waals surface area contributed by atoms with Crippen LogP contribution >= 0.6 is 0 Å². The lowest BCUT2D eigenvalue weighted by atomic mass is 10.3. The normalized spacial score (nSPS) is 11.4. The number of phenolic OH excluding ortho intramolecular Hbond substituents is 2. The Morgan fingerprint density at radius 2 is 0.531 bits per heavy atom. The van der Waals surface area contributed by atoms with Crippen molar-refractivity contribution in [3.63, 3.8) is 0 Å². The molecule has 0 atom stereocenters. The molecule has 0 aromatic heterocycles. The van der Waals surface area contributed by atoms with E-state index in [9.17, 15) is 10.2 Å². The van der Waals surface area contributed by atoms with Crippen LogP contribution in [0.3, 0.4) is 0 Å². The molecule has 4 aromatic carbocycles. The van der Waals surface area contributed by atoms with E-state index >= 15 is 0 Å². The van der Waals surface area contributed by atoms with Gasteiger partial charge in [0.2, 0.25) is 0 Å². The predicted octanol–water partition coefficient (Wildman–Crippen LogP) is 7.47.